The van der Waals surface area contributed by atoms with E-state index in [0.29, 0.717) is 0 Å². The number of nitrogens with one attached hydrogen (secondary N) is 1. The molecule has 0 spiro atoms. The van der Waals surface area contributed by atoms with Crippen LogP contribution in [0.5, 0.6) is 0 Å². The highest BCUT2D eigenvalue weighted by atomic mass is 35.5. The molecule has 1 aliphatic heterocycles. The van der Waals surface area contributed by atoms with E-state index in [4.69, 9.17) is 22.1 Å². The van der Waals surface area contributed by atoms with Gasteiger partial charge in [-0.3, -0.25) is 14.6 Å². The largest absolute Gasteiger partial charge is 0.367 e. The van der Waals surface area contributed by atoms with Gasteiger partial charge in [0.05, 0.1) is 36.9 Å². The van der Waals surface area contributed by atoms with Crippen molar-refractivity contribution < 1.29 is 23.1 Å². The third kappa shape index (κ3) is 4.39. The Morgan fingerprint density at radius 2 is 2.06 bits per heavy atom. The van der Waals surface area contributed by atoms with Gasteiger partial charge in [-0.05, 0) is 35.9 Å². The second kappa shape index (κ2) is 8.79. The molecule has 1 aromatic carbocycles. The predicted octanol–water partition coefficient (Wildman–Crippen LogP) is 1.55. The molecule has 172 valence electrons. The second-order valence-electron chi connectivity index (χ2n) is 7.50. The minimum absolute atomic E-state index is 0.00138. The van der Waals surface area contributed by atoms with Crippen LogP contribution in [0.15, 0.2) is 24.4 Å². The van der Waals surface area contributed by atoms with Gasteiger partial charge in [0.1, 0.15) is 17.7 Å². The molecular formula is C20H18ClF2N7O3. The van der Waals surface area contributed by atoms with E-state index in [9.17, 15) is 18.4 Å². The summed E-state index contributed by atoms with van der Waals surface area (Å²) in [5.74, 6) is -3.44. The number of pyridine rings is 1. The van der Waals surface area contributed by atoms with Crippen LogP contribution >= 0.6 is 11.6 Å². The normalized spacial score (nSPS) is 18.5. The van der Waals surface area contributed by atoms with E-state index in [0.717, 1.165) is 16.9 Å². The SMILES string of the molecule is C[C@@H](NC(=O)C1COC1C(N)=O)c1ncc(-c2cc(Cl)cc(F)c2-c2nnn(C)n2)cc1F. The number of aryl methyl sites for hydroxylation is 1. The van der Waals surface area contributed by atoms with Gasteiger partial charge in [-0.1, -0.05) is 11.6 Å². The van der Waals surface area contributed by atoms with E-state index in [2.05, 4.69) is 25.7 Å². The molecule has 0 saturated carbocycles. The van der Waals surface area contributed by atoms with E-state index in [1.807, 2.05) is 0 Å². The number of hydrogen-bond donors (Lipinski definition) is 2. The molecule has 2 aromatic heterocycles. The lowest BCUT2D eigenvalue weighted by molar-refractivity contribution is -0.168. The first kappa shape index (κ1) is 22.7. The standard InChI is InChI=1S/C20H18ClF2N7O3/c1-8(26-20(32)12-7-33-17(12)18(24)31)16-14(23)3-9(6-25-16)11-4-10(21)5-13(22)15(11)19-27-29-30(2)28-19/h3-6,8,12,17H,7H2,1-2H3,(H2,24,31)(H,26,32)/t8-,12?,17?/m1/s1. The zero-order valence-electron chi connectivity index (χ0n) is 17.4. The molecule has 3 atom stereocenters. The van der Waals surface area contributed by atoms with Gasteiger partial charge in [0.25, 0.3) is 0 Å². The number of nitrogens with zero attached hydrogens (tertiary/aromatic N) is 5. The number of primary amides is 1. The van der Waals surface area contributed by atoms with Gasteiger partial charge in [-0.15, -0.1) is 10.2 Å². The number of halogens is 3. The maximum Gasteiger partial charge on any atom is 0.247 e. The Bertz CT molecular complexity index is 1250. The molecule has 1 saturated heterocycles. The summed E-state index contributed by atoms with van der Waals surface area (Å²) < 4.78 is 34.7. The molecule has 3 aromatic rings. The number of aromatic nitrogens is 5. The Labute approximate surface area is 191 Å². The number of tetrazole rings is 1. The van der Waals surface area contributed by atoms with E-state index in [1.54, 1.807) is 0 Å². The van der Waals surface area contributed by atoms with E-state index in [1.165, 1.54) is 26.2 Å². The van der Waals surface area contributed by atoms with Gasteiger partial charge >= 0.3 is 0 Å². The summed E-state index contributed by atoms with van der Waals surface area (Å²) in [7, 11) is 1.52. The lowest BCUT2D eigenvalue weighted by Crippen LogP contribution is -2.55. The molecule has 4 rings (SSSR count). The third-order valence-electron chi connectivity index (χ3n) is 5.17. The van der Waals surface area contributed by atoms with Crippen LogP contribution in [0.3, 0.4) is 0 Å². The van der Waals surface area contributed by atoms with Gasteiger partial charge < -0.3 is 15.8 Å². The van der Waals surface area contributed by atoms with E-state index < -0.39 is 41.5 Å². The van der Waals surface area contributed by atoms with Gasteiger partial charge in [-0.25, -0.2) is 8.78 Å². The number of hydrogen-bond acceptors (Lipinski definition) is 7. The first-order valence-electron chi connectivity index (χ1n) is 9.76. The highest BCUT2D eigenvalue weighted by molar-refractivity contribution is 6.31. The van der Waals surface area contributed by atoms with Crippen LogP contribution in [0.1, 0.15) is 18.7 Å². The Kier molecular flexibility index (Phi) is 6.04. The predicted molar refractivity (Wildman–Crippen MR) is 111 cm³/mol. The Morgan fingerprint density at radius 3 is 2.64 bits per heavy atom. The number of nitrogens with two attached hydrogens (primary N) is 1. The van der Waals surface area contributed by atoms with E-state index in [-0.39, 0.29) is 39.8 Å². The molecule has 2 unspecified atom stereocenters. The van der Waals surface area contributed by atoms with Crippen molar-refractivity contribution in [3.8, 4) is 22.5 Å². The summed E-state index contributed by atoms with van der Waals surface area (Å²) in [6, 6.07) is 2.86. The van der Waals surface area contributed by atoms with Crippen molar-refractivity contribution in [1.82, 2.24) is 30.5 Å². The smallest absolute Gasteiger partial charge is 0.247 e. The maximum absolute atomic E-state index is 15.0. The maximum atomic E-state index is 15.0. The van der Waals surface area contributed by atoms with Crippen LogP contribution in [0, 0.1) is 17.6 Å². The molecule has 0 radical (unpaired) electrons. The van der Waals surface area contributed by atoms with Gasteiger partial charge in [-0.2, -0.15) is 4.80 Å². The average molecular weight is 478 g/mol. The summed E-state index contributed by atoms with van der Waals surface area (Å²) in [5, 5.41) is 14.2. The van der Waals surface area contributed by atoms with Crippen LogP contribution in [-0.2, 0) is 21.4 Å². The van der Waals surface area contributed by atoms with Crippen molar-refractivity contribution in [3.05, 3.63) is 46.7 Å². The van der Waals surface area contributed by atoms with Crippen LogP contribution in [0.4, 0.5) is 8.78 Å². The Balaban J connectivity index is 1.62. The van der Waals surface area contributed by atoms with Crippen molar-refractivity contribution in [2.45, 2.75) is 19.1 Å². The first-order valence-corrected chi connectivity index (χ1v) is 10.1. The van der Waals surface area contributed by atoms with Crippen LogP contribution in [-0.4, -0.2) is 49.7 Å². The molecule has 33 heavy (non-hydrogen) atoms. The zero-order valence-corrected chi connectivity index (χ0v) is 18.2. The molecule has 0 aliphatic carbocycles. The van der Waals surface area contributed by atoms with Gasteiger partial charge in [0.2, 0.25) is 17.6 Å². The van der Waals surface area contributed by atoms with Crippen molar-refractivity contribution in [1.29, 1.82) is 0 Å². The number of carbonyl (C=O) groups is 2. The average Bonchev–Trinajstić information content (AvgIpc) is 3.11. The van der Waals surface area contributed by atoms with Crippen LogP contribution in [0.25, 0.3) is 22.5 Å². The monoisotopic (exact) mass is 477 g/mol. The number of amides is 2. The summed E-state index contributed by atoms with van der Waals surface area (Å²) in [4.78, 5) is 28.9. The lowest BCUT2D eigenvalue weighted by Gasteiger charge is -2.33. The molecular weight excluding hydrogens is 460 g/mol. The minimum Gasteiger partial charge on any atom is -0.367 e. The third-order valence-corrected chi connectivity index (χ3v) is 5.39. The van der Waals surface area contributed by atoms with Gasteiger partial charge in [0, 0.05) is 16.8 Å². The second-order valence-corrected chi connectivity index (χ2v) is 7.93. The number of carbonyl (C=O) groups excluding carboxylic acids is 2. The molecule has 2 amide bonds. The lowest BCUT2D eigenvalue weighted by atomic mass is 9.95. The number of ether oxygens (including phenoxy) is 1. The summed E-state index contributed by atoms with van der Waals surface area (Å²) >= 11 is 6.02. The summed E-state index contributed by atoms with van der Waals surface area (Å²) in [5.41, 5.74) is 5.56. The van der Waals surface area contributed by atoms with E-state index >= 15 is 0 Å². The zero-order chi connectivity index (χ0) is 23.9. The van der Waals surface area contributed by atoms with Crippen molar-refractivity contribution >= 4 is 23.4 Å². The minimum atomic E-state index is -1.01. The highest BCUT2D eigenvalue weighted by Gasteiger charge is 2.42. The molecule has 0 bridgehead atoms. The van der Waals surface area contributed by atoms with Crippen LogP contribution < -0.4 is 11.1 Å². The fraction of sp³-hybridized carbons (Fsp3) is 0.300. The fourth-order valence-corrected chi connectivity index (χ4v) is 3.70. The Morgan fingerprint density at radius 1 is 1.30 bits per heavy atom. The van der Waals surface area contributed by atoms with Gasteiger partial charge in [0.15, 0.2) is 0 Å². The summed E-state index contributed by atoms with van der Waals surface area (Å²) in [6.45, 7) is 1.58. The molecule has 1 aliphatic rings. The summed E-state index contributed by atoms with van der Waals surface area (Å²) in [6.07, 6.45) is 0.313. The van der Waals surface area contributed by atoms with Crippen molar-refractivity contribution in [2.75, 3.05) is 6.61 Å². The molecule has 3 heterocycles. The molecule has 10 nitrogen and oxygen atoms in total. The molecule has 13 heteroatoms. The fourth-order valence-electron chi connectivity index (χ4n) is 3.50. The topological polar surface area (TPSA) is 138 Å². The number of rotatable bonds is 6. The van der Waals surface area contributed by atoms with Crippen LogP contribution in [0.2, 0.25) is 5.02 Å². The Hall–Kier alpha value is -3.51. The first-order chi connectivity index (χ1) is 15.7. The number of benzene rings is 1. The quantitative estimate of drug-likeness (QED) is 0.549. The van der Waals surface area contributed by atoms with Crippen molar-refractivity contribution in [3.63, 3.8) is 0 Å². The molecule has 1 fully saturated rings. The molecule has 3 N–H and O–H groups in total. The van der Waals surface area contributed by atoms with Crippen molar-refractivity contribution in [2.24, 2.45) is 18.7 Å². The highest BCUT2D eigenvalue weighted by Crippen LogP contribution is 2.35.